The summed E-state index contributed by atoms with van der Waals surface area (Å²) in [6, 6.07) is 0. The summed E-state index contributed by atoms with van der Waals surface area (Å²) in [5.41, 5.74) is 0. The van der Waals surface area contributed by atoms with Crippen LogP contribution >= 0.6 is 0 Å². The molecule has 0 aromatic heterocycles. The number of ketones is 1. The SMILES string of the molecule is O=C([C@@H](O)[C@@H](O)[C@H](O)CO)[C@@H](O)[C@H](O)C(O)CO. The largest absolute Gasteiger partial charge is 0.394 e. The first-order valence-corrected chi connectivity index (χ1v) is 5.11. The highest BCUT2D eigenvalue weighted by molar-refractivity contribution is 5.88. The van der Waals surface area contributed by atoms with Crippen LogP contribution < -0.4 is 0 Å². The van der Waals surface area contributed by atoms with E-state index in [4.69, 9.17) is 20.4 Å². The van der Waals surface area contributed by atoms with Crippen LogP contribution in [0.3, 0.4) is 0 Å². The van der Waals surface area contributed by atoms with Gasteiger partial charge in [0, 0.05) is 0 Å². The van der Waals surface area contributed by atoms with Crippen molar-refractivity contribution in [3.63, 3.8) is 0 Å². The highest BCUT2D eigenvalue weighted by Crippen LogP contribution is 2.08. The minimum atomic E-state index is -2.26. The zero-order valence-electron chi connectivity index (χ0n) is 9.36. The van der Waals surface area contributed by atoms with Crippen LogP contribution in [0.15, 0.2) is 0 Å². The van der Waals surface area contributed by atoms with E-state index in [2.05, 4.69) is 0 Å². The molecule has 9 heteroatoms. The molecule has 1 unspecified atom stereocenters. The minimum Gasteiger partial charge on any atom is -0.394 e. The van der Waals surface area contributed by atoms with E-state index in [0.29, 0.717) is 0 Å². The van der Waals surface area contributed by atoms with Gasteiger partial charge in [0.05, 0.1) is 13.2 Å². The lowest BCUT2D eigenvalue weighted by molar-refractivity contribution is -0.159. The fraction of sp³-hybridized carbons (Fsp3) is 0.889. The van der Waals surface area contributed by atoms with E-state index >= 15 is 0 Å². The summed E-state index contributed by atoms with van der Waals surface area (Å²) in [4.78, 5) is 11.4. The number of Topliss-reactive ketones (excluding diaryl/α,β-unsaturated/α-hetero) is 1. The Morgan fingerprint density at radius 3 is 1.22 bits per heavy atom. The fourth-order valence-electron chi connectivity index (χ4n) is 1.15. The highest BCUT2D eigenvalue weighted by Gasteiger charge is 2.38. The Hall–Kier alpha value is -0.650. The summed E-state index contributed by atoms with van der Waals surface area (Å²) in [5, 5.41) is 71.9. The van der Waals surface area contributed by atoms with E-state index in [9.17, 15) is 25.2 Å². The standard InChI is InChI=1S/C9H18O9/c10-1-3(12)5(14)7(16)9(18)8(17)6(15)4(13)2-11/h3-8,10-17H,1-2H2/t3-,4?,5+,6-,7+,8+/m1/s1. The van der Waals surface area contributed by atoms with Crippen LogP contribution in [0.4, 0.5) is 0 Å². The Bertz CT molecular complexity index is 234. The van der Waals surface area contributed by atoms with Crippen molar-refractivity contribution in [1.29, 1.82) is 0 Å². The van der Waals surface area contributed by atoms with Gasteiger partial charge in [0.25, 0.3) is 0 Å². The molecule has 0 rings (SSSR count). The number of hydrogen-bond donors (Lipinski definition) is 8. The molecule has 0 spiro atoms. The highest BCUT2D eigenvalue weighted by atomic mass is 16.4. The monoisotopic (exact) mass is 270 g/mol. The van der Waals surface area contributed by atoms with Crippen LogP contribution in [0.2, 0.25) is 0 Å². The van der Waals surface area contributed by atoms with Gasteiger partial charge in [-0.1, -0.05) is 0 Å². The number of aliphatic hydroxyl groups is 8. The van der Waals surface area contributed by atoms with Gasteiger partial charge in [0.2, 0.25) is 0 Å². The second kappa shape index (κ2) is 7.71. The van der Waals surface area contributed by atoms with Crippen LogP contribution in [-0.4, -0.2) is 96.5 Å². The first kappa shape index (κ1) is 17.4. The van der Waals surface area contributed by atoms with Gasteiger partial charge in [0.1, 0.15) is 36.6 Å². The lowest BCUT2D eigenvalue weighted by Crippen LogP contribution is -2.52. The van der Waals surface area contributed by atoms with Crippen molar-refractivity contribution in [2.24, 2.45) is 0 Å². The smallest absolute Gasteiger partial charge is 0.195 e. The van der Waals surface area contributed by atoms with E-state index in [1.165, 1.54) is 0 Å². The maximum atomic E-state index is 11.4. The molecule has 0 aliphatic rings. The topological polar surface area (TPSA) is 179 Å². The molecule has 0 aliphatic heterocycles. The zero-order chi connectivity index (χ0) is 14.5. The third kappa shape index (κ3) is 4.23. The number of rotatable bonds is 8. The van der Waals surface area contributed by atoms with Crippen LogP contribution in [0.5, 0.6) is 0 Å². The molecule has 0 aromatic carbocycles. The zero-order valence-corrected chi connectivity index (χ0v) is 9.36. The third-order valence-electron chi connectivity index (χ3n) is 2.39. The molecule has 0 saturated heterocycles. The van der Waals surface area contributed by atoms with E-state index in [0.717, 1.165) is 0 Å². The van der Waals surface area contributed by atoms with Gasteiger partial charge in [-0.2, -0.15) is 0 Å². The van der Waals surface area contributed by atoms with E-state index < -0.39 is 55.6 Å². The number of carbonyl (C=O) groups excluding carboxylic acids is 1. The molecular formula is C9H18O9. The molecule has 0 aliphatic carbocycles. The summed E-state index contributed by atoms with van der Waals surface area (Å²) in [6.45, 7) is -1.85. The second-order valence-electron chi connectivity index (χ2n) is 3.77. The Kier molecular flexibility index (Phi) is 7.43. The summed E-state index contributed by atoms with van der Waals surface area (Å²) in [5.74, 6) is -1.46. The molecule has 108 valence electrons. The predicted octanol–water partition coefficient (Wildman–Crippen LogP) is -5.29. The van der Waals surface area contributed by atoms with Crippen molar-refractivity contribution in [1.82, 2.24) is 0 Å². The van der Waals surface area contributed by atoms with Crippen molar-refractivity contribution in [3.8, 4) is 0 Å². The van der Waals surface area contributed by atoms with Gasteiger partial charge in [-0.05, 0) is 0 Å². The van der Waals surface area contributed by atoms with Crippen molar-refractivity contribution >= 4 is 5.78 Å². The average Bonchev–Trinajstić information content (AvgIpc) is 2.40. The van der Waals surface area contributed by atoms with Crippen molar-refractivity contribution in [2.75, 3.05) is 13.2 Å². The molecule has 0 heterocycles. The first-order chi connectivity index (χ1) is 8.27. The van der Waals surface area contributed by atoms with Crippen LogP contribution in [0, 0.1) is 0 Å². The lowest BCUT2D eigenvalue weighted by Gasteiger charge is -2.25. The maximum absolute atomic E-state index is 11.4. The predicted molar refractivity (Wildman–Crippen MR) is 55.2 cm³/mol. The molecule has 8 N–H and O–H groups in total. The van der Waals surface area contributed by atoms with Gasteiger partial charge in [-0.3, -0.25) is 4.79 Å². The molecule has 6 atom stereocenters. The Morgan fingerprint density at radius 1 is 0.722 bits per heavy atom. The summed E-state index contributed by atoms with van der Waals surface area (Å²) >= 11 is 0. The molecular weight excluding hydrogens is 252 g/mol. The van der Waals surface area contributed by atoms with Crippen molar-refractivity contribution < 1.29 is 45.6 Å². The first-order valence-electron chi connectivity index (χ1n) is 5.11. The van der Waals surface area contributed by atoms with Crippen LogP contribution in [0.25, 0.3) is 0 Å². The Morgan fingerprint density at radius 2 is 1.00 bits per heavy atom. The number of carbonyl (C=O) groups is 1. The van der Waals surface area contributed by atoms with E-state index in [-0.39, 0.29) is 0 Å². The molecule has 0 saturated carbocycles. The van der Waals surface area contributed by atoms with Crippen LogP contribution in [0.1, 0.15) is 0 Å². The Balaban J connectivity index is 4.63. The van der Waals surface area contributed by atoms with E-state index in [1.807, 2.05) is 0 Å². The van der Waals surface area contributed by atoms with Gasteiger partial charge in [-0.25, -0.2) is 0 Å². The lowest BCUT2D eigenvalue weighted by atomic mass is 9.96. The molecule has 0 bridgehead atoms. The number of aliphatic hydroxyl groups excluding tert-OH is 8. The Labute approximate surface area is 102 Å². The number of hydrogen-bond acceptors (Lipinski definition) is 9. The average molecular weight is 270 g/mol. The maximum Gasteiger partial charge on any atom is 0.195 e. The third-order valence-corrected chi connectivity index (χ3v) is 2.39. The minimum absolute atomic E-state index is 0.927. The quantitative estimate of drug-likeness (QED) is 0.214. The van der Waals surface area contributed by atoms with Gasteiger partial charge in [0.15, 0.2) is 5.78 Å². The molecule has 0 amide bonds. The summed E-state index contributed by atoms with van der Waals surface area (Å²) in [7, 11) is 0. The second-order valence-corrected chi connectivity index (χ2v) is 3.77. The van der Waals surface area contributed by atoms with Crippen molar-refractivity contribution in [2.45, 2.75) is 36.6 Å². The summed E-state index contributed by atoms with van der Waals surface area (Å²) < 4.78 is 0. The van der Waals surface area contributed by atoms with E-state index in [1.54, 1.807) is 0 Å². The van der Waals surface area contributed by atoms with Crippen LogP contribution in [-0.2, 0) is 4.79 Å². The molecule has 0 aromatic rings. The molecule has 9 nitrogen and oxygen atoms in total. The fourth-order valence-corrected chi connectivity index (χ4v) is 1.15. The van der Waals surface area contributed by atoms with Gasteiger partial charge < -0.3 is 40.9 Å². The van der Waals surface area contributed by atoms with Gasteiger partial charge in [-0.15, -0.1) is 0 Å². The molecule has 0 radical (unpaired) electrons. The molecule has 18 heavy (non-hydrogen) atoms. The normalized spacial score (nSPS) is 21.8. The molecule has 0 fully saturated rings. The van der Waals surface area contributed by atoms with Gasteiger partial charge >= 0.3 is 0 Å². The van der Waals surface area contributed by atoms with Crippen molar-refractivity contribution in [3.05, 3.63) is 0 Å². The summed E-state index contributed by atoms with van der Waals surface area (Å²) in [6.07, 6.45) is -12.3.